The van der Waals surface area contributed by atoms with Crippen LogP contribution in [0.2, 0.25) is 0 Å². The van der Waals surface area contributed by atoms with Crippen LogP contribution in [0.15, 0.2) is 54.6 Å². The molecule has 0 radical (unpaired) electrons. The van der Waals surface area contributed by atoms with Crippen LogP contribution >= 0.6 is 0 Å². The average Bonchev–Trinajstić information content (AvgIpc) is 3.26. The molecule has 1 amide bonds. The van der Waals surface area contributed by atoms with E-state index in [2.05, 4.69) is 10.4 Å². The van der Waals surface area contributed by atoms with Gasteiger partial charge >= 0.3 is 5.97 Å². The summed E-state index contributed by atoms with van der Waals surface area (Å²) in [6.45, 7) is 5.14. The number of carbonyl (C=O) groups excluding carboxylic acids is 1. The molecule has 9 nitrogen and oxygen atoms in total. The zero-order chi connectivity index (χ0) is 26.5. The number of aliphatic hydroxyl groups is 1. The summed E-state index contributed by atoms with van der Waals surface area (Å²) in [7, 11) is 1.45. The van der Waals surface area contributed by atoms with Crippen LogP contribution in [0.3, 0.4) is 0 Å². The highest BCUT2D eigenvalue weighted by Gasteiger charge is 2.28. The predicted octanol–water partition coefficient (Wildman–Crippen LogP) is 3.75. The minimum absolute atomic E-state index is 0.0400. The molecule has 0 aliphatic carbocycles. The summed E-state index contributed by atoms with van der Waals surface area (Å²) >= 11 is 0. The van der Waals surface area contributed by atoms with Crippen LogP contribution in [-0.2, 0) is 4.79 Å². The van der Waals surface area contributed by atoms with Gasteiger partial charge in [0, 0.05) is 11.6 Å². The summed E-state index contributed by atoms with van der Waals surface area (Å²) in [5.41, 5.74) is -0.789. The maximum absolute atomic E-state index is 14.6. The highest BCUT2D eigenvalue weighted by Crippen LogP contribution is 2.29. The fraction of sp³-hybridized carbons (Fsp3) is 0.346. The average molecular weight is 500 g/mol. The van der Waals surface area contributed by atoms with Gasteiger partial charge in [0.1, 0.15) is 23.9 Å². The van der Waals surface area contributed by atoms with E-state index in [0.717, 1.165) is 4.68 Å². The first-order valence-corrected chi connectivity index (χ1v) is 11.4. The molecule has 1 aromatic heterocycles. The van der Waals surface area contributed by atoms with Gasteiger partial charge in [-0.1, -0.05) is 44.2 Å². The van der Waals surface area contributed by atoms with Crippen molar-refractivity contribution in [3.05, 3.63) is 71.7 Å². The zero-order valence-electron chi connectivity index (χ0n) is 20.6. The van der Waals surface area contributed by atoms with E-state index in [9.17, 15) is 24.2 Å². The van der Waals surface area contributed by atoms with E-state index in [4.69, 9.17) is 9.47 Å². The first-order valence-electron chi connectivity index (χ1n) is 11.4. The highest BCUT2D eigenvalue weighted by molar-refractivity contribution is 5.93. The lowest BCUT2D eigenvalue weighted by Crippen LogP contribution is -2.38. The van der Waals surface area contributed by atoms with Gasteiger partial charge in [-0.2, -0.15) is 9.78 Å². The molecule has 192 valence electrons. The Morgan fingerprint density at radius 3 is 2.47 bits per heavy atom. The van der Waals surface area contributed by atoms with Crippen molar-refractivity contribution in [2.75, 3.05) is 13.7 Å². The SMILES string of the molecule is COc1ccccc1[C@H](CC(=O)O)NC(=O)c1cc(OC[C@](C)(O)C(C)C)n(-c2ccccc2F)n1. The van der Waals surface area contributed by atoms with E-state index < -0.39 is 35.8 Å². The van der Waals surface area contributed by atoms with Gasteiger partial charge in [0.2, 0.25) is 5.88 Å². The number of rotatable bonds is 11. The topological polar surface area (TPSA) is 123 Å². The molecule has 0 spiro atoms. The van der Waals surface area contributed by atoms with Gasteiger partial charge in [0.25, 0.3) is 5.91 Å². The van der Waals surface area contributed by atoms with E-state index >= 15 is 0 Å². The molecule has 36 heavy (non-hydrogen) atoms. The van der Waals surface area contributed by atoms with Crippen LogP contribution < -0.4 is 14.8 Å². The van der Waals surface area contributed by atoms with E-state index in [1.807, 2.05) is 13.8 Å². The second-order valence-electron chi connectivity index (χ2n) is 8.90. The minimum Gasteiger partial charge on any atom is -0.496 e. The number of hydrogen-bond acceptors (Lipinski definition) is 6. The molecule has 2 aromatic carbocycles. The third-order valence-corrected chi connectivity index (χ3v) is 5.94. The van der Waals surface area contributed by atoms with Crippen molar-refractivity contribution < 1.29 is 33.7 Å². The summed E-state index contributed by atoms with van der Waals surface area (Å²) in [4.78, 5) is 24.7. The van der Waals surface area contributed by atoms with Gasteiger partial charge in [-0.3, -0.25) is 9.59 Å². The number of carboxylic acids is 1. The molecule has 0 bridgehead atoms. The van der Waals surface area contributed by atoms with Crippen molar-refractivity contribution in [3.63, 3.8) is 0 Å². The second kappa shape index (κ2) is 11.2. The molecule has 0 aliphatic heterocycles. The Labute approximate surface area is 208 Å². The number of hydrogen-bond donors (Lipinski definition) is 3. The number of methoxy groups -OCH3 is 1. The molecule has 2 atom stereocenters. The Kier molecular flexibility index (Phi) is 8.31. The molecule has 10 heteroatoms. The monoisotopic (exact) mass is 499 g/mol. The van der Waals surface area contributed by atoms with Crippen LogP contribution in [-0.4, -0.2) is 51.2 Å². The van der Waals surface area contributed by atoms with Crippen LogP contribution in [0.5, 0.6) is 11.6 Å². The van der Waals surface area contributed by atoms with Gasteiger partial charge in [-0.25, -0.2) is 4.39 Å². The van der Waals surface area contributed by atoms with Crippen molar-refractivity contribution in [1.29, 1.82) is 0 Å². The Morgan fingerprint density at radius 2 is 1.83 bits per heavy atom. The highest BCUT2D eigenvalue weighted by atomic mass is 19.1. The maximum Gasteiger partial charge on any atom is 0.305 e. The quantitative estimate of drug-likeness (QED) is 0.367. The number of amides is 1. The number of carbonyl (C=O) groups is 2. The third-order valence-electron chi connectivity index (χ3n) is 5.94. The number of nitrogens with one attached hydrogen (secondary N) is 1. The lowest BCUT2D eigenvalue weighted by Gasteiger charge is -2.27. The number of ether oxygens (including phenoxy) is 2. The second-order valence-corrected chi connectivity index (χ2v) is 8.90. The number of benzene rings is 2. The Bertz CT molecular complexity index is 1220. The summed E-state index contributed by atoms with van der Waals surface area (Å²) in [5, 5.41) is 26.9. The lowest BCUT2D eigenvalue weighted by atomic mass is 9.94. The summed E-state index contributed by atoms with van der Waals surface area (Å²) in [5.74, 6) is -2.08. The predicted molar refractivity (Wildman–Crippen MR) is 130 cm³/mol. The zero-order valence-corrected chi connectivity index (χ0v) is 20.6. The number of carboxylic acid groups (broad SMARTS) is 1. The van der Waals surface area contributed by atoms with Crippen molar-refractivity contribution in [1.82, 2.24) is 15.1 Å². The molecule has 3 aromatic rings. The Hall–Kier alpha value is -3.92. The van der Waals surface area contributed by atoms with Gasteiger partial charge in [-0.05, 0) is 31.0 Å². The number of para-hydroxylation sites is 2. The number of aliphatic carboxylic acids is 1. The van der Waals surface area contributed by atoms with Crippen molar-refractivity contribution in [2.45, 2.75) is 38.8 Å². The number of halogens is 1. The standard InChI is InChI=1S/C26H30FN3O6/c1-16(2)26(3,34)15-36-23-13-20(29-30(23)21-11-7-6-10-18(21)27)25(33)28-19(14-24(31)32)17-9-5-8-12-22(17)35-4/h5-13,16,19,34H,14-15H2,1-4H3,(H,28,33)(H,31,32)/t19-,26-/m0/s1. The maximum atomic E-state index is 14.6. The van der Waals surface area contributed by atoms with Crippen LogP contribution in [0.25, 0.3) is 5.69 Å². The van der Waals surface area contributed by atoms with E-state index in [1.54, 1.807) is 37.3 Å². The first kappa shape index (κ1) is 26.7. The Morgan fingerprint density at radius 1 is 1.17 bits per heavy atom. The Balaban J connectivity index is 1.97. The van der Waals surface area contributed by atoms with Crippen LogP contribution in [0.1, 0.15) is 49.3 Å². The normalized spacial score (nSPS) is 13.6. The largest absolute Gasteiger partial charge is 0.496 e. The molecule has 3 rings (SSSR count). The van der Waals surface area contributed by atoms with E-state index in [1.165, 1.54) is 31.4 Å². The van der Waals surface area contributed by atoms with Crippen LogP contribution in [0, 0.1) is 11.7 Å². The smallest absolute Gasteiger partial charge is 0.305 e. The third kappa shape index (κ3) is 6.19. The molecule has 0 saturated heterocycles. The van der Waals surface area contributed by atoms with Crippen molar-refractivity contribution in [3.8, 4) is 17.3 Å². The summed E-state index contributed by atoms with van der Waals surface area (Å²) in [6, 6.07) is 13.0. The van der Waals surface area contributed by atoms with E-state index in [-0.39, 0.29) is 29.8 Å². The van der Waals surface area contributed by atoms with E-state index in [0.29, 0.717) is 11.3 Å². The molecule has 1 heterocycles. The number of aromatic nitrogens is 2. The minimum atomic E-state index is -1.19. The summed E-state index contributed by atoms with van der Waals surface area (Å²) in [6.07, 6.45) is -0.402. The molecule has 0 unspecified atom stereocenters. The fourth-order valence-electron chi connectivity index (χ4n) is 3.36. The molecule has 0 fully saturated rings. The molecule has 3 N–H and O–H groups in total. The van der Waals surface area contributed by atoms with Gasteiger partial charge < -0.3 is 25.0 Å². The lowest BCUT2D eigenvalue weighted by molar-refractivity contribution is -0.137. The molecular formula is C26H30FN3O6. The van der Waals surface area contributed by atoms with Gasteiger partial charge in [0.15, 0.2) is 5.69 Å². The van der Waals surface area contributed by atoms with Gasteiger partial charge in [-0.15, -0.1) is 0 Å². The van der Waals surface area contributed by atoms with Crippen molar-refractivity contribution in [2.24, 2.45) is 5.92 Å². The van der Waals surface area contributed by atoms with Gasteiger partial charge in [0.05, 0.1) is 25.2 Å². The van der Waals surface area contributed by atoms with Crippen molar-refractivity contribution >= 4 is 11.9 Å². The summed E-state index contributed by atoms with van der Waals surface area (Å²) < 4.78 is 26.8. The first-order chi connectivity index (χ1) is 17.0. The number of nitrogens with zero attached hydrogens (tertiary/aromatic N) is 2. The van der Waals surface area contributed by atoms with Crippen LogP contribution in [0.4, 0.5) is 4.39 Å². The molecule has 0 saturated carbocycles. The fourth-order valence-corrected chi connectivity index (χ4v) is 3.36. The molecule has 0 aliphatic rings. The molecular weight excluding hydrogens is 469 g/mol.